The van der Waals surface area contributed by atoms with Crippen LogP contribution in [0, 0.1) is 0 Å². The van der Waals surface area contributed by atoms with Gasteiger partial charge in [-0.1, -0.05) is 40.5 Å². The molecule has 0 amide bonds. The molecular formula is C8H8Cl3OP. The van der Waals surface area contributed by atoms with E-state index in [1.165, 1.54) is 6.66 Å². The second-order valence-electron chi connectivity index (χ2n) is 2.88. The molecule has 1 nitrogen and oxygen atoms in total. The minimum Gasteiger partial charge on any atom is -0.307 e. The highest BCUT2D eigenvalue weighted by Gasteiger charge is 2.13. The highest BCUT2D eigenvalue weighted by molar-refractivity contribution is 7.87. The molecule has 0 spiro atoms. The van der Waals surface area contributed by atoms with E-state index in [2.05, 4.69) is 0 Å². The summed E-state index contributed by atoms with van der Waals surface area (Å²) < 4.78 is 11.3. The number of rotatable bonds is 2. The van der Waals surface area contributed by atoms with Gasteiger partial charge in [-0.05, 0) is 17.7 Å². The molecule has 0 fully saturated rings. The minimum absolute atomic E-state index is 0.296. The molecule has 0 aliphatic rings. The van der Waals surface area contributed by atoms with Gasteiger partial charge in [0.15, 0.2) is 6.49 Å². The summed E-state index contributed by atoms with van der Waals surface area (Å²) in [6.45, 7) is -1.07. The molecule has 0 saturated carbocycles. The van der Waals surface area contributed by atoms with Crippen LogP contribution in [-0.4, -0.2) is 6.66 Å². The second-order valence-corrected chi connectivity index (χ2v) is 8.16. The summed E-state index contributed by atoms with van der Waals surface area (Å²) in [5.41, 5.74) is 0.770. The number of halogens is 3. The third-order valence-corrected chi connectivity index (χ3v) is 3.32. The molecule has 0 aliphatic heterocycles. The Balaban J connectivity index is 2.97. The average molecular weight is 257 g/mol. The molecule has 1 rings (SSSR count). The Morgan fingerprint density at radius 2 is 2.00 bits per heavy atom. The molecule has 13 heavy (non-hydrogen) atoms. The Morgan fingerprint density at radius 1 is 1.38 bits per heavy atom. The van der Waals surface area contributed by atoms with Gasteiger partial charge in [0.2, 0.25) is 0 Å². The minimum atomic E-state index is -2.58. The number of hydrogen-bond acceptors (Lipinski definition) is 1. The van der Waals surface area contributed by atoms with Crippen LogP contribution in [0.2, 0.25) is 10.0 Å². The monoisotopic (exact) mass is 256 g/mol. The molecule has 0 radical (unpaired) electrons. The highest BCUT2D eigenvalue weighted by Crippen LogP contribution is 2.51. The molecule has 0 heterocycles. The predicted octanol–water partition coefficient (Wildman–Crippen LogP) is 4.64. The Bertz CT molecular complexity index is 358. The van der Waals surface area contributed by atoms with Crippen molar-refractivity contribution in [2.24, 2.45) is 0 Å². The fraction of sp³-hybridized carbons (Fsp3) is 0.250. The van der Waals surface area contributed by atoms with E-state index < -0.39 is 6.49 Å². The summed E-state index contributed by atoms with van der Waals surface area (Å²) in [6, 6.07) is 5.06. The van der Waals surface area contributed by atoms with E-state index in [0.29, 0.717) is 16.2 Å². The van der Waals surface area contributed by atoms with Crippen LogP contribution in [0.3, 0.4) is 0 Å². The molecule has 1 aromatic rings. The molecule has 5 heteroatoms. The molecule has 72 valence electrons. The van der Waals surface area contributed by atoms with Gasteiger partial charge in [-0.25, -0.2) is 0 Å². The van der Waals surface area contributed by atoms with Gasteiger partial charge < -0.3 is 4.57 Å². The van der Waals surface area contributed by atoms with Crippen molar-refractivity contribution in [3.05, 3.63) is 33.8 Å². The Kier molecular flexibility index (Phi) is 3.71. The second kappa shape index (κ2) is 4.23. The van der Waals surface area contributed by atoms with E-state index in [0.717, 1.165) is 5.56 Å². The van der Waals surface area contributed by atoms with Gasteiger partial charge in [0, 0.05) is 22.9 Å². The number of hydrogen-bond donors (Lipinski definition) is 0. The van der Waals surface area contributed by atoms with Crippen molar-refractivity contribution in [2.45, 2.75) is 6.16 Å². The fourth-order valence-corrected chi connectivity index (χ4v) is 2.79. The van der Waals surface area contributed by atoms with Gasteiger partial charge in [-0.3, -0.25) is 0 Å². The van der Waals surface area contributed by atoms with Crippen LogP contribution in [0.25, 0.3) is 0 Å². The molecule has 0 bridgehead atoms. The van der Waals surface area contributed by atoms with Gasteiger partial charge in [-0.2, -0.15) is 0 Å². The van der Waals surface area contributed by atoms with Crippen LogP contribution in [-0.2, 0) is 10.7 Å². The topological polar surface area (TPSA) is 17.1 Å². The SMILES string of the molecule is CP(=O)(Cl)Cc1ccc(Cl)cc1Cl. The maximum absolute atomic E-state index is 11.3. The Hall–Kier alpha value is 0.320. The van der Waals surface area contributed by atoms with Crippen molar-refractivity contribution < 1.29 is 4.57 Å². The number of benzene rings is 1. The Morgan fingerprint density at radius 3 is 2.46 bits per heavy atom. The summed E-state index contributed by atoms with van der Waals surface area (Å²) in [7, 11) is 0. The van der Waals surface area contributed by atoms with E-state index in [-0.39, 0.29) is 0 Å². The lowest BCUT2D eigenvalue weighted by Gasteiger charge is -2.06. The average Bonchev–Trinajstić information content (AvgIpc) is 1.93. The quantitative estimate of drug-likeness (QED) is 0.705. The predicted molar refractivity (Wildman–Crippen MR) is 59.5 cm³/mol. The first kappa shape index (κ1) is 11.4. The van der Waals surface area contributed by atoms with Gasteiger partial charge >= 0.3 is 0 Å². The van der Waals surface area contributed by atoms with Gasteiger partial charge in [0.05, 0.1) is 0 Å². The first-order chi connectivity index (χ1) is 5.88. The van der Waals surface area contributed by atoms with Crippen LogP contribution in [0.4, 0.5) is 0 Å². The molecule has 1 atom stereocenters. The normalized spacial score (nSPS) is 15.4. The van der Waals surface area contributed by atoms with Crippen LogP contribution in [0.5, 0.6) is 0 Å². The first-order valence-corrected chi connectivity index (χ1v) is 7.58. The van der Waals surface area contributed by atoms with Crippen molar-refractivity contribution in [1.82, 2.24) is 0 Å². The van der Waals surface area contributed by atoms with E-state index >= 15 is 0 Å². The fourth-order valence-electron chi connectivity index (χ4n) is 0.954. The molecule has 1 aromatic carbocycles. The molecule has 0 saturated heterocycles. The maximum Gasteiger partial charge on any atom is 0.170 e. The summed E-state index contributed by atoms with van der Waals surface area (Å²) in [5, 5.41) is 1.07. The van der Waals surface area contributed by atoms with Crippen molar-refractivity contribution in [1.29, 1.82) is 0 Å². The smallest absolute Gasteiger partial charge is 0.170 e. The third kappa shape index (κ3) is 3.91. The van der Waals surface area contributed by atoms with Crippen molar-refractivity contribution in [3.63, 3.8) is 0 Å². The summed E-state index contributed by atoms with van der Waals surface area (Å²) in [4.78, 5) is 0. The molecule has 0 N–H and O–H groups in total. The molecular weight excluding hydrogens is 249 g/mol. The van der Waals surface area contributed by atoms with Crippen LogP contribution in [0.15, 0.2) is 18.2 Å². The largest absolute Gasteiger partial charge is 0.307 e. The summed E-state index contributed by atoms with van der Waals surface area (Å²) in [6.07, 6.45) is 0.296. The third-order valence-electron chi connectivity index (χ3n) is 1.47. The van der Waals surface area contributed by atoms with Crippen molar-refractivity contribution >= 4 is 40.9 Å². The van der Waals surface area contributed by atoms with Gasteiger partial charge in [-0.15, -0.1) is 0 Å². The summed E-state index contributed by atoms with van der Waals surface area (Å²) in [5.74, 6) is 0. The van der Waals surface area contributed by atoms with E-state index in [9.17, 15) is 4.57 Å². The lowest BCUT2D eigenvalue weighted by Crippen LogP contribution is -1.84. The molecule has 0 aliphatic carbocycles. The van der Waals surface area contributed by atoms with Gasteiger partial charge in [0.1, 0.15) is 0 Å². The van der Waals surface area contributed by atoms with Gasteiger partial charge in [0.25, 0.3) is 0 Å². The van der Waals surface area contributed by atoms with E-state index in [1.54, 1.807) is 18.2 Å². The highest BCUT2D eigenvalue weighted by atomic mass is 35.7. The zero-order valence-corrected chi connectivity index (χ0v) is 10.1. The lowest BCUT2D eigenvalue weighted by atomic mass is 10.2. The zero-order valence-electron chi connectivity index (χ0n) is 6.93. The van der Waals surface area contributed by atoms with Crippen LogP contribution >= 0.6 is 40.9 Å². The van der Waals surface area contributed by atoms with E-state index in [4.69, 9.17) is 34.4 Å². The lowest BCUT2D eigenvalue weighted by molar-refractivity contribution is 0.587. The van der Waals surface area contributed by atoms with Crippen LogP contribution < -0.4 is 0 Å². The molecule has 1 unspecified atom stereocenters. The zero-order chi connectivity index (χ0) is 10.1. The van der Waals surface area contributed by atoms with Crippen molar-refractivity contribution in [2.75, 3.05) is 6.66 Å². The van der Waals surface area contributed by atoms with Crippen molar-refractivity contribution in [3.8, 4) is 0 Å². The first-order valence-electron chi connectivity index (χ1n) is 3.58. The Labute approximate surface area is 92.2 Å². The molecule has 0 aromatic heterocycles. The maximum atomic E-state index is 11.3. The standard InChI is InChI=1S/C8H8Cl3OP/c1-13(11,12)5-6-2-3-7(9)4-8(6)10/h2-4H,5H2,1H3. The van der Waals surface area contributed by atoms with E-state index in [1.807, 2.05) is 0 Å². The van der Waals surface area contributed by atoms with Crippen LogP contribution in [0.1, 0.15) is 5.56 Å². The summed E-state index contributed by atoms with van der Waals surface area (Å²) >= 11 is 17.2.